The Balaban J connectivity index is 2.56. The quantitative estimate of drug-likeness (QED) is 0.199. The van der Waals surface area contributed by atoms with E-state index in [4.69, 9.17) is 15.7 Å². The number of thioether (sulfide) groups is 1. The molecule has 0 aliphatic carbocycles. The number of hydrogen-bond donors (Lipinski definition) is 2. The van der Waals surface area contributed by atoms with E-state index in [0.717, 1.165) is 17.3 Å². The first-order chi connectivity index (χ1) is 7.27. The molecule has 5 heteroatoms. The van der Waals surface area contributed by atoms with Crippen molar-refractivity contribution in [2.45, 2.75) is 4.90 Å². The number of ether oxygens (including phenoxy) is 1. The zero-order chi connectivity index (χ0) is 11.1. The molecular weight excluding hydrogens is 212 g/mol. The van der Waals surface area contributed by atoms with Crippen LogP contribution < -0.4 is 5.73 Å². The van der Waals surface area contributed by atoms with E-state index in [-0.39, 0.29) is 5.84 Å². The Hall–Kier alpha value is -1.20. The Bertz CT molecular complexity index is 325. The summed E-state index contributed by atoms with van der Waals surface area (Å²) in [6, 6.07) is 7.52. The average Bonchev–Trinajstić information content (AvgIpc) is 2.29. The van der Waals surface area contributed by atoms with E-state index in [2.05, 4.69) is 5.16 Å². The molecule has 0 atom stereocenters. The molecule has 0 aromatic heterocycles. The van der Waals surface area contributed by atoms with E-state index >= 15 is 0 Å². The number of nitrogens with two attached hydrogens (primary N) is 1. The van der Waals surface area contributed by atoms with Crippen molar-refractivity contribution in [1.82, 2.24) is 0 Å². The Morgan fingerprint density at radius 2 is 2.13 bits per heavy atom. The smallest absolute Gasteiger partial charge is 0.170 e. The van der Waals surface area contributed by atoms with Gasteiger partial charge in [-0.3, -0.25) is 0 Å². The van der Waals surface area contributed by atoms with Crippen molar-refractivity contribution >= 4 is 17.6 Å². The molecule has 0 saturated heterocycles. The number of hydrogen-bond acceptors (Lipinski definition) is 4. The van der Waals surface area contributed by atoms with Gasteiger partial charge in [0.05, 0.1) is 6.61 Å². The molecule has 0 heterocycles. The molecule has 3 N–H and O–H groups in total. The number of oxime groups is 1. The predicted molar refractivity (Wildman–Crippen MR) is 61.6 cm³/mol. The van der Waals surface area contributed by atoms with Crippen LogP contribution in [0, 0.1) is 0 Å². The molecule has 0 bridgehead atoms. The van der Waals surface area contributed by atoms with Gasteiger partial charge < -0.3 is 15.7 Å². The normalized spacial score (nSPS) is 11.7. The fourth-order valence-corrected chi connectivity index (χ4v) is 1.84. The zero-order valence-electron chi connectivity index (χ0n) is 8.51. The fraction of sp³-hybridized carbons (Fsp3) is 0.300. The van der Waals surface area contributed by atoms with Crippen molar-refractivity contribution in [3.8, 4) is 0 Å². The molecule has 82 valence electrons. The van der Waals surface area contributed by atoms with Gasteiger partial charge in [-0.15, -0.1) is 11.8 Å². The van der Waals surface area contributed by atoms with E-state index in [1.807, 2.05) is 24.3 Å². The van der Waals surface area contributed by atoms with E-state index in [9.17, 15) is 0 Å². The Labute approximate surface area is 93.1 Å². The van der Waals surface area contributed by atoms with E-state index in [1.165, 1.54) is 0 Å². The maximum atomic E-state index is 8.47. The van der Waals surface area contributed by atoms with Crippen LogP contribution in [0.25, 0.3) is 0 Å². The molecule has 0 radical (unpaired) electrons. The van der Waals surface area contributed by atoms with E-state index < -0.39 is 0 Å². The number of benzene rings is 1. The average molecular weight is 226 g/mol. The molecule has 1 rings (SSSR count). The van der Waals surface area contributed by atoms with Crippen LogP contribution in [0.1, 0.15) is 5.56 Å². The van der Waals surface area contributed by atoms with Crippen LogP contribution in [-0.2, 0) is 4.74 Å². The molecule has 0 amide bonds. The van der Waals surface area contributed by atoms with Crippen LogP contribution in [0.2, 0.25) is 0 Å². The summed E-state index contributed by atoms with van der Waals surface area (Å²) in [5.74, 6) is 1.04. The van der Waals surface area contributed by atoms with Crippen LogP contribution in [0.4, 0.5) is 0 Å². The lowest BCUT2D eigenvalue weighted by atomic mass is 10.2. The summed E-state index contributed by atoms with van der Waals surface area (Å²) >= 11 is 1.70. The molecule has 0 saturated carbocycles. The summed E-state index contributed by atoms with van der Waals surface area (Å²) in [7, 11) is 1.68. The maximum absolute atomic E-state index is 8.47. The molecule has 4 nitrogen and oxygen atoms in total. The zero-order valence-corrected chi connectivity index (χ0v) is 9.33. The third kappa shape index (κ3) is 3.81. The minimum atomic E-state index is 0.128. The minimum absolute atomic E-state index is 0.128. The fourth-order valence-electron chi connectivity index (χ4n) is 1.02. The van der Waals surface area contributed by atoms with Gasteiger partial charge in [0.25, 0.3) is 0 Å². The first-order valence-electron chi connectivity index (χ1n) is 4.47. The summed E-state index contributed by atoms with van der Waals surface area (Å²) in [5, 5.41) is 11.4. The van der Waals surface area contributed by atoms with Crippen LogP contribution in [0.5, 0.6) is 0 Å². The van der Waals surface area contributed by atoms with E-state index in [1.54, 1.807) is 18.9 Å². The van der Waals surface area contributed by atoms with E-state index in [0.29, 0.717) is 5.56 Å². The van der Waals surface area contributed by atoms with Gasteiger partial charge in [0.2, 0.25) is 0 Å². The highest BCUT2D eigenvalue weighted by Gasteiger charge is 1.99. The molecular formula is C10H14N2O2S. The molecule has 0 fully saturated rings. The molecule has 0 aliphatic rings. The summed E-state index contributed by atoms with van der Waals surface area (Å²) in [4.78, 5) is 1.14. The van der Waals surface area contributed by atoms with Gasteiger partial charge in [0.15, 0.2) is 5.84 Å². The highest BCUT2D eigenvalue weighted by atomic mass is 32.2. The summed E-state index contributed by atoms with van der Waals surface area (Å²) in [6.45, 7) is 0.729. The Morgan fingerprint density at radius 1 is 1.47 bits per heavy atom. The second-order valence-electron chi connectivity index (χ2n) is 2.85. The predicted octanol–water partition coefficient (Wildman–Crippen LogP) is 1.52. The molecule has 15 heavy (non-hydrogen) atoms. The lowest BCUT2D eigenvalue weighted by Gasteiger charge is -2.02. The van der Waals surface area contributed by atoms with Gasteiger partial charge in [-0.1, -0.05) is 17.3 Å². The van der Waals surface area contributed by atoms with Gasteiger partial charge in [-0.25, -0.2) is 0 Å². The van der Waals surface area contributed by atoms with Crippen molar-refractivity contribution in [2.75, 3.05) is 19.5 Å². The van der Waals surface area contributed by atoms with Gasteiger partial charge in [0.1, 0.15) is 0 Å². The van der Waals surface area contributed by atoms with Crippen molar-refractivity contribution in [3.05, 3.63) is 29.8 Å². The van der Waals surface area contributed by atoms with Crippen LogP contribution >= 0.6 is 11.8 Å². The Morgan fingerprint density at radius 3 is 2.67 bits per heavy atom. The summed E-state index contributed by atoms with van der Waals surface area (Å²) < 4.78 is 4.95. The summed E-state index contributed by atoms with van der Waals surface area (Å²) in [5.41, 5.74) is 6.16. The summed E-state index contributed by atoms with van der Waals surface area (Å²) in [6.07, 6.45) is 0. The highest BCUT2D eigenvalue weighted by Crippen LogP contribution is 2.17. The van der Waals surface area contributed by atoms with Crippen molar-refractivity contribution < 1.29 is 9.94 Å². The second-order valence-corrected chi connectivity index (χ2v) is 4.02. The van der Waals surface area contributed by atoms with Crippen LogP contribution in [0.15, 0.2) is 34.3 Å². The molecule has 1 aromatic carbocycles. The lowest BCUT2D eigenvalue weighted by Crippen LogP contribution is -2.12. The SMILES string of the molecule is COCCSc1ccc(/C(N)=N/O)cc1. The molecule has 0 spiro atoms. The Kier molecular flexibility index (Phi) is 5.00. The van der Waals surface area contributed by atoms with Gasteiger partial charge in [-0.2, -0.15) is 0 Å². The molecule has 1 aromatic rings. The first kappa shape index (κ1) is 11.9. The van der Waals surface area contributed by atoms with Crippen LogP contribution in [0.3, 0.4) is 0 Å². The lowest BCUT2D eigenvalue weighted by molar-refractivity contribution is 0.218. The third-order valence-corrected chi connectivity index (χ3v) is 2.79. The number of nitrogens with zero attached hydrogens (tertiary/aromatic N) is 1. The highest BCUT2D eigenvalue weighted by molar-refractivity contribution is 7.99. The van der Waals surface area contributed by atoms with Crippen molar-refractivity contribution in [3.63, 3.8) is 0 Å². The third-order valence-electron chi connectivity index (χ3n) is 1.81. The standard InChI is InChI=1S/C10H14N2O2S/c1-14-6-7-15-9-4-2-8(3-5-9)10(11)12-13/h2-5,13H,6-7H2,1H3,(H2,11,12). The minimum Gasteiger partial charge on any atom is -0.409 e. The van der Waals surface area contributed by atoms with Crippen molar-refractivity contribution in [2.24, 2.45) is 10.9 Å². The number of methoxy groups -OCH3 is 1. The van der Waals surface area contributed by atoms with Gasteiger partial charge >= 0.3 is 0 Å². The number of rotatable bonds is 5. The largest absolute Gasteiger partial charge is 0.409 e. The molecule has 0 unspecified atom stereocenters. The van der Waals surface area contributed by atoms with Gasteiger partial charge in [0, 0.05) is 23.3 Å². The van der Waals surface area contributed by atoms with Crippen LogP contribution in [-0.4, -0.2) is 30.5 Å². The monoisotopic (exact) mass is 226 g/mol. The topological polar surface area (TPSA) is 67.8 Å². The first-order valence-corrected chi connectivity index (χ1v) is 5.46. The number of amidine groups is 1. The second kappa shape index (κ2) is 6.31. The van der Waals surface area contributed by atoms with Gasteiger partial charge in [-0.05, 0) is 12.1 Å². The van der Waals surface area contributed by atoms with Crippen molar-refractivity contribution in [1.29, 1.82) is 0 Å². The molecule has 0 aliphatic heterocycles. The maximum Gasteiger partial charge on any atom is 0.170 e.